The van der Waals surface area contributed by atoms with Gasteiger partial charge in [-0.15, -0.1) is 12.4 Å². The first-order valence-corrected chi connectivity index (χ1v) is 4.67. The fraction of sp³-hybridized carbons (Fsp3) is 1.00. The van der Waals surface area contributed by atoms with Crippen LogP contribution in [0.15, 0.2) is 0 Å². The topological polar surface area (TPSA) is 46.2 Å². The number of halogens is 1. The number of rotatable bonds is 7. The van der Waals surface area contributed by atoms with E-state index in [0.29, 0.717) is 0 Å². The third-order valence-corrected chi connectivity index (χ3v) is 1.93. The number of nitrogens with two attached hydrogens (primary N) is 1. The van der Waals surface area contributed by atoms with E-state index in [2.05, 4.69) is 6.92 Å². The van der Waals surface area contributed by atoms with Crippen LogP contribution in [-0.2, 0) is 0 Å². The SMILES string of the molecule is CCCCCCC(N)CCO.Cl. The van der Waals surface area contributed by atoms with E-state index >= 15 is 0 Å². The van der Waals surface area contributed by atoms with Crippen LogP contribution in [0.5, 0.6) is 0 Å². The fourth-order valence-corrected chi connectivity index (χ4v) is 1.14. The molecule has 0 amide bonds. The molecular formula is C9H22ClNO. The minimum Gasteiger partial charge on any atom is -0.396 e. The Morgan fingerprint density at radius 3 is 2.33 bits per heavy atom. The standard InChI is InChI=1S/C9H21NO.ClH/c1-2-3-4-5-6-9(10)7-8-11;/h9,11H,2-8,10H2,1H3;1H. The van der Waals surface area contributed by atoms with Gasteiger partial charge in [0.2, 0.25) is 0 Å². The molecule has 0 rings (SSSR count). The predicted molar refractivity (Wildman–Crippen MR) is 55.7 cm³/mol. The highest BCUT2D eigenvalue weighted by Gasteiger charge is 1.99. The lowest BCUT2D eigenvalue weighted by Crippen LogP contribution is -2.20. The van der Waals surface area contributed by atoms with Gasteiger partial charge in [-0.05, 0) is 12.8 Å². The van der Waals surface area contributed by atoms with Gasteiger partial charge in [-0.1, -0.05) is 32.6 Å². The Labute approximate surface area is 81.9 Å². The summed E-state index contributed by atoms with van der Waals surface area (Å²) in [6, 6.07) is 0.219. The van der Waals surface area contributed by atoms with Crippen LogP contribution in [0.3, 0.4) is 0 Å². The van der Waals surface area contributed by atoms with Crippen molar-refractivity contribution in [2.75, 3.05) is 6.61 Å². The number of hydrogen-bond donors (Lipinski definition) is 2. The van der Waals surface area contributed by atoms with Crippen LogP contribution in [0.1, 0.15) is 45.4 Å². The molecule has 2 nitrogen and oxygen atoms in total. The summed E-state index contributed by atoms with van der Waals surface area (Å²) in [6.07, 6.45) is 6.92. The summed E-state index contributed by atoms with van der Waals surface area (Å²) in [5.74, 6) is 0. The van der Waals surface area contributed by atoms with E-state index < -0.39 is 0 Å². The molecule has 3 heteroatoms. The largest absolute Gasteiger partial charge is 0.396 e. The molecule has 76 valence electrons. The molecular weight excluding hydrogens is 174 g/mol. The van der Waals surface area contributed by atoms with Crippen LogP contribution in [0, 0.1) is 0 Å². The zero-order valence-electron chi connectivity index (χ0n) is 7.96. The highest BCUT2D eigenvalue weighted by molar-refractivity contribution is 5.85. The van der Waals surface area contributed by atoms with E-state index in [1.54, 1.807) is 0 Å². The molecule has 0 aromatic rings. The second-order valence-corrected chi connectivity index (χ2v) is 3.12. The predicted octanol–water partition coefficient (Wildman–Crippen LogP) is 2.09. The van der Waals surface area contributed by atoms with Gasteiger partial charge in [0.1, 0.15) is 0 Å². The molecule has 1 unspecified atom stereocenters. The molecule has 0 saturated heterocycles. The van der Waals surface area contributed by atoms with Crippen LogP contribution in [-0.4, -0.2) is 17.8 Å². The van der Waals surface area contributed by atoms with Crippen molar-refractivity contribution in [1.82, 2.24) is 0 Å². The Morgan fingerprint density at radius 2 is 1.83 bits per heavy atom. The first kappa shape index (κ1) is 14.7. The Kier molecular flexibility index (Phi) is 13.7. The molecule has 0 spiro atoms. The highest BCUT2D eigenvalue weighted by atomic mass is 35.5. The van der Waals surface area contributed by atoms with Gasteiger partial charge in [-0.3, -0.25) is 0 Å². The van der Waals surface area contributed by atoms with Crippen LogP contribution in [0.2, 0.25) is 0 Å². The van der Waals surface area contributed by atoms with Crippen LogP contribution in [0.4, 0.5) is 0 Å². The maximum atomic E-state index is 8.56. The Bertz CT molecular complexity index is 80.9. The number of aliphatic hydroxyl groups excluding tert-OH is 1. The quantitative estimate of drug-likeness (QED) is 0.612. The monoisotopic (exact) mass is 195 g/mol. The van der Waals surface area contributed by atoms with Crippen molar-refractivity contribution in [3.8, 4) is 0 Å². The zero-order valence-corrected chi connectivity index (χ0v) is 8.78. The summed E-state index contributed by atoms with van der Waals surface area (Å²) in [5, 5.41) is 8.56. The van der Waals surface area contributed by atoms with Crippen molar-refractivity contribution in [3.05, 3.63) is 0 Å². The van der Waals surface area contributed by atoms with Gasteiger partial charge in [0.25, 0.3) is 0 Å². The summed E-state index contributed by atoms with van der Waals surface area (Å²) in [5.41, 5.74) is 5.71. The van der Waals surface area contributed by atoms with Crippen molar-refractivity contribution in [1.29, 1.82) is 0 Å². The normalized spacial score (nSPS) is 12.2. The van der Waals surface area contributed by atoms with E-state index in [4.69, 9.17) is 10.8 Å². The lowest BCUT2D eigenvalue weighted by Gasteiger charge is -2.08. The molecule has 0 heterocycles. The summed E-state index contributed by atoms with van der Waals surface area (Å²) in [4.78, 5) is 0. The number of unbranched alkanes of at least 4 members (excludes halogenated alkanes) is 3. The highest BCUT2D eigenvalue weighted by Crippen LogP contribution is 2.05. The van der Waals surface area contributed by atoms with Gasteiger partial charge >= 0.3 is 0 Å². The lowest BCUT2D eigenvalue weighted by atomic mass is 10.1. The summed E-state index contributed by atoms with van der Waals surface area (Å²) in [7, 11) is 0. The van der Waals surface area contributed by atoms with Crippen LogP contribution < -0.4 is 5.73 Å². The molecule has 1 atom stereocenters. The molecule has 0 fully saturated rings. The molecule has 0 aromatic heterocycles. The van der Waals surface area contributed by atoms with E-state index in [1.807, 2.05) is 0 Å². The average Bonchev–Trinajstić information content (AvgIpc) is 1.99. The molecule has 0 saturated carbocycles. The first-order chi connectivity index (χ1) is 5.31. The number of aliphatic hydroxyl groups is 1. The van der Waals surface area contributed by atoms with Crippen LogP contribution in [0.25, 0.3) is 0 Å². The molecule has 0 aromatic carbocycles. The van der Waals surface area contributed by atoms with Gasteiger partial charge in [0, 0.05) is 12.6 Å². The lowest BCUT2D eigenvalue weighted by molar-refractivity contribution is 0.272. The summed E-state index contributed by atoms with van der Waals surface area (Å²) in [6.45, 7) is 2.43. The Morgan fingerprint density at radius 1 is 1.17 bits per heavy atom. The smallest absolute Gasteiger partial charge is 0.0445 e. The summed E-state index contributed by atoms with van der Waals surface area (Å²) < 4.78 is 0. The molecule has 3 N–H and O–H groups in total. The van der Waals surface area contributed by atoms with Crippen molar-refractivity contribution in [2.45, 2.75) is 51.5 Å². The molecule has 0 aliphatic carbocycles. The molecule has 0 bridgehead atoms. The third kappa shape index (κ3) is 10.2. The molecule has 0 aliphatic rings. The summed E-state index contributed by atoms with van der Waals surface area (Å²) >= 11 is 0. The van der Waals surface area contributed by atoms with Crippen molar-refractivity contribution in [2.24, 2.45) is 5.73 Å². The minimum atomic E-state index is 0. The van der Waals surface area contributed by atoms with Crippen molar-refractivity contribution >= 4 is 12.4 Å². The number of hydrogen-bond acceptors (Lipinski definition) is 2. The maximum absolute atomic E-state index is 8.56. The van der Waals surface area contributed by atoms with Crippen LogP contribution >= 0.6 is 12.4 Å². The fourth-order valence-electron chi connectivity index (χ4n) is 1.14. The van der Waals surface area contributed by atoms with Gasteiger partial charge in [-0.2, -0.15) is 0 Å². The Hall–Kier alpha value is 0.210. The minimum absolute atomic E-state index is 0. The van der Waals surface area contributed by atoms with Gasteiger partial charge in [-0.25, -0.2) is 0 Å². The van der Waals surface area contributed by atoms with E-state index in [0.717, 1.165) is 12.8 Å². The third-order valence-electron chi connectivity index (χ3n) is 1.93. The van der Waals surface area contributed by atoms with Gasteiger partial charge in [0.05, 0.1) is 0 Å². The van der Waals surface area contributed by atoms with Gasteiger partial charge < -0.3 is 10.8 Å². The van der Waals surface area contributed by atoms with Gasteiger partial charge in [0.15, 0.2) is 0 Å². The first-order valence-electron chi connectivity index (χ1n) is 4.67. The Balaban J connectivity index is 0. The second kappa shape index (κ2) is 11.2. The van der Waals surface area contributed by atoms with E-state index in [-0.39, 0.29) is 25.1 Å². The van der Waals surface area contributed by atoms with Crippen molar-refractivity contribution < 1.29 is 5.11 Å². The van der Waals surface area contributed by atoms with E-state index in [9.17, 15) is 0 Å². The molecule has 12 heavy (non-hydrogen) atoms. The average molecular weight is 196 g/mol. The van der Waals surface area contributed by atoms with Crippen molar-refractivity contribution in [3.63, 3.8) is 0 Å². The maximum Gasteiger partial charge on any atom is 0.0445 e. The van der Waals surface area contributed by atoms with E-state index in [1.165, 1.54) is 25.7 Å². The second-order valence-electron chi connectivity index (χ2n) is 3.12. The zero-order chi connectivity index (χ0) is 8.53. The molecule has 0 radical (unpaired) electrons. The molecule has 0 aliphatic heterocycles.